The summed E-state index contributed by atoms with van der Waals surface area (Å²) in [6.45, 7) is 5.82. The molecule has 1 aliphatic heterocycles. The van der Waals surface area contributed by atoms with E-state index in [2.05, 4.69) is 25.1 Å². The lowest BCUT2D eigenvalue weighted by molar-refractivity contribution is 0.0993. The second-order valence-corrected chi connectivity index (χ2v) is 4.18. The Bertz CT molecular complexity index is 389. The summed E-state index contributed by atoms with van der Waals surface area (Å²) >= 11 is 0. The quantitative estimate of drug-likeness (QED) is 0.726. The van der Waals surface area contributed by atoms with Crippen molar-refractivity contribution in [1.82, 2.24) is 4.90 Å². The molecule has 0 fully saturated rings. The Kier molecular flexibility index (Phi) is 3.13. The lowest BCUT2D eigenvalue weighted by Crippen LogP contribution is -2.37. The predicted octanol–water partition coefficient (Wildman–Crippen LogP) is 2.76. The van der Waals surface area contributed by atoms with Crippen LogP contribution in [0.2, 0.25) is 0 Å². The number of amides is 1. The molecule has 2 rings (SSSR count). The Morgan fingerprint density at radius 3 is 3.00 bits per heavy atom. The normalized spacial score (nSPS) is 19.1. The van der Waals surface area contributed by atoms with Gasteiger partial charge in [-0.1, -0.05) is 31.2 Å². The topological polar surface area (TPSA) is 29.5 Å². The molecule has 3 nitrogen and oxygen atoms in total. The highest BCUT2D eigenvalue weighted by Gasteiger charge is 2.25. The first-order valence-electron chi connectivity index (χ1n) is 5.72. The van der Waals surface area contributed by atoms with Gasteiger partial charge in [-0.15, -0.1) is 0 Å². The third-order valence-electron chi connectivity index (χ3n) is 2.97. The van der Waals surface area contributed by atoms with Crippen molar-refractivity contribution in [3.05, 3.63) is 35.4 Å². The van der Waals surface area contributed by atoms with E-state index in [4.69, 9.17) is 4.74 Å². The summed E-state index contributed by atoms with van der Waals surface area (Å²) in [4.78, 5) is 13.4. The highest BCUT2D eigenvalue weighted by atomic mass is 16.6. The van der Waals surface area contributed by atoms with Gasteiger partial charge in [0.25, 0.3) is 0 Å². The van der Waals surface area contributed by atoms with Crippen LogP contribution in [0.15, 0.2) is 24.3 Å². The molecule has 1 unspecified atom stereocenters. The summed E-state index contributed by atoms with van der Waals surface area (Å²) < 4.78 is 5.03. The first-order valence-corrected chi connectivity index (χ1v) is 5.72. The maximum Gasteiger partial charge on any atom is 0.410 e. The number of carbonyl (C=O) groups is 1. The lowest BCUT2D eigenvalue weighted by Gasteiger charge is -2.32. The molecule has 1 aromatic rings. The molecule has 16 heavy (non-hydrogen) atoms. The van der Waals surface area contributed by atoms with Crippen LogP contribution in [-0.4, -0.2) is 24.1 Å². The number of ether oxygens (including phenoxy) is 1. The van der Waals surface area contributed by atoms with Gasteiger partial charge in [0, 0.05) is 13.1 Å². The third-order valence-corrected chi connectivity index (χ3v) is 2.97. The Hall–Kier alpha value is -1.51. The molecular weight excluding hydrogens is 202 g/mol. The van der Waals surface area contributed by atoms with Crippen LogP contribution < -0.4 is 0 Å². The summed E-state index contributed by atoms with van der Waals surface area (Å²) in [7, 11) is 0. The molecule has 1 aliphatic rings. The van der Waals surface area contributed by atoms with E-state index in [1.54, 1.807) is 4.90 Å². The second kappa shape index (κ2) is 4.56. The molecule has 3 heteroatoms. The van der Waals surface area contributed by atoms with Crippen LogP contribution in [0.4, 0.5) is 4.79 Å². The van der Waals surface area contributed by atoms with Gasteiger partial charge in [-0.3, -0.25) is 0 Å². The van der Waals surface area contributed by atoms with Crippen LogP contribution in [0.5, 0.6) is 0 Å². The van der Waals surface area contributed by atoms with Gasteiger partial charge in [0.1, 0.15) is 0 Å². The number of hydrogen-bond donors (Lipinski definition) is 0. The Balaban J connectivity index is 2.18. The molecule has 1 aromatic carbocycles. The lowest BCUT2D eigenvalue weighted by atomic mass is 9.91. The van der Waals surface area contributed by atoms with Gasteiger partial charge in [-0.25, -0.2) is 4.79 Å². The second-order valence-electron chi connectivity index (χ2n) is 4.18. The molecule has 0 radical (unpaired) electrons. The molecule has 0 N–H and O–H groups in total. The Labute approximate surface area is 96.0 Å². The van der Waals surface area contributed by atoms with Gasteiger partial charge >= 0.3 is 6.09 Å². The number of fused-ring (bicyclic) bond motifs is 1. The number of benzene rings is 1. The fourth-order valence-electron chi connectivity index (χ4n) is 2.21. The molecule has 1 amide bonds. The van der Waals surface area contributed by atoms with Crippen molar-refractivity contribution in [2.45, 2.75) is 26.3 Å². The zero-order valence-electron chi connectivity index (χ0n) is 9.77. The molecule has 1 heterocycles. The first kappa shape index (κ1) is 11.0. The average molecular weight is 219 g/mol. The summed E-state index contributed by atoms with van der Waals surface area (Å²) in [6, 6.07) is 8.29. The van der Waals surface area contributed by atoms with Crippen LogP contribution in [0.25, 0.3) is 0 Å². The molecule has 1 atom stereocenters. The number of rotatable bonds is 1. The van der Waals surface area contributed by atoms with E-state index in [0.29, 0.717) is 19.1 Å². The minimum absolute atomic E-state index is 0.205. The van der Waals surface area contributed by atoms with Gasteiger partial charge in [0.05, 0.1) is 6.61 Å². The van der Waals surface area contributed by atoms with E-state index < -0.39 is 0 Å². The minimum atomic E-state index is -0.205. The average Bonchev–Trinajstić information content (AvgIpc) is 2.29. The van der Waals surface area contributed by atoms with Crippen molar-refractivity contribution in [3.63, 3.8) is 0 Å². The monoisotopic (exact) mass is 219 g/mol. The van der Waals surface area contributed by atoms with E-state index in [-0.39, 0.29) is 6.09 Å². The summed E-state index contributed by atoms with van der Waals surface area (Å²) in [5, 5.41) is 0. The summed E-state index contributed by atoms with van der Waals surface area (Å²) in [6.07, 6.45) is -0.205. The van der Waals surface area contributed by atoms with Crippen molar-refractivity contribution in [2.75, 3.05) is 13.2 Å². The number of nitrogens with zero attached hydrogens (tertiary/aromatic N) is 1. The smallest absolute Gasteiger partial charge is 0.410 e. The fourth-order valence-corrected chi connectivity index (χ4v) is 2.21. The Morgan fingerprint density at radius 1 is 1.50 bits per heavy atom. The summed E-state index contributed by atoms with van der Waals surface area (Å²) in [5.74, 6) is 0.384. The van der Waals surface area contributed by atoms with Crippen molar-refractivity contribution < 1.29 is 9.53 Å². The van der Waals surface area contributed by atoms with Gasteiger partial charge in [-0.05, 0) is 24.0 Å². The van der Waals surface area contributed by atoms with Crippen molar-refractivity contribution >= 4 is 6.09 Å². The van der Waals surface area contributed by atoms with E-state index in [1.165, 1.54) is 11.1 Å². The van der Waals surface area contributed by atoms with Crippen LogP contribution in [0, 0.1) is 0 Å². The molecule has 0 saturated heterocycles. The minimum Gasteiger partial charge on any atom is -0.450 e. The largest absolute Gasteiger partial charge is 0.450 e. The summed E-state index contributed by atoms with van der Waals surface area (Å²) in [5.41, 5.74) is 2.58. The van der Waals surface area contributed by atoms with Crippen LogP contribution in [-0.2, 0) is 11.3 Å². The molecule has 86 valence electrons. The fraction of sp³-hybridized carbons (Fsp3) is 0.462. The van der Waals surface area contributed by atoms with E-state index >= 15 is 0 Å². The van der Waals surface area contributed by atoms with Crippen molar-refractivity contribution in [2.24, 2.45) is 0 Å². The van der Waals surface area contributed by atoms with Crippen LogP contribution in [0.1, 0.15) is 30.9 Å². The molecule has 0 aliphatic carbocycles. The van der Waals surface area contributed by atoms with Crippen molar-refractivity contribution in [1.29, 1.82) is 0 Å². The standard InChI is InChI=1S/C13H17NO2/c1-3-16-13(15)14-8-10(2)12-7-5-4-6-11(12)9-14/h4-7,10H,3,8-9H2,1-2H3. The van der Waals surface area contributed by atoms with Crippen molar-refractivity contribution in [3.8, 4) is 0 Å². The molecule has 0 aromatic heterocycles. The first-order chi connectivity index (χ1) is 7.72. The molecule has 0 saturated carbocycles. The van der Waals surface area contributed by atoms with Gasteiger partial charge < -0.3 is 9.64 Å². The van der Waals surface area contributed by atoms with Crippen LogP contribution in [0.3, 0.4) is 0 Å². The zero-order valence-corrected chi connectivity index (χ0v) is 9.77. The van der Waals surface area contributed by atoms with E-state index in [0.717, 1.165) is 6.54 Å². The predicted molar refractivity (Wildman–Crippen MR) is 62.3 cm³/mol. The number of carbonyl (C=O) groups excluding carboxylic acids is 1. The van der Waals surface area contributed by atoms with Gasteiger partial charge in [-0.2, -0.15) is 0 Å². The van der Waals surface area contributed by atoms with Gasteiger partial charge in [0.15, 0.2) is 0 Å². The third kappa shape index (κ3) is 2.03. The van der Waals surface area contributed by atoms with Gasteiger partial charge in [0.2, 0.25) is 0 Å². The molecule has 0 bridgehead atoms. The Morgan fingerprint density at radius 2 is 2.25 bits per heavy atom. The highest BCUT2D eigenvalue weighted by Crippen LogP contribution is 2.27. The molecular formula is C13H17NO2. The SMILES string of the molecule is CCOC(=O)N1Cc2ccccc2C(C)C1. The number of hydrogen-bond acceptors (Lipinski definition) is 2. The van der Waals surface area contributed by atoms with E-state index in [9.17, 15) is 4.79 Å². The molecule has 0 spiro atoms. The zero-order chi connectivity index (χ0) is 11.5. The van der Waals surface area contributed by atoms with Crippen LogP contribution >= 0.6 is 0 Å². The maximum absolute atomic E-state index is 11.7. The van der Waals surface area contributed by atoms with E-state index in [1.807, 2.05) is 13.0 Å². The maximum atomic E-state index is 11.7. The highest BCUT2D eigenvalue weighted by molar-refractivity contribution is 5.68.